The number of furan rings is 1. The first-order chi connectivity index (χ1) is 18.0. The molecule has 0 aliphatic carbocycles. The number of thiazole rings is 1. The molecule has 12 heteroatoms. The molecule has 3 aromatic heterocycles. The number of piperidine rings is 1. The van der Waals surface area contributed by atoms with E-state index < -0.39 is 0 Å². The van der Waals surface area contributed by atoms with Crippen LogP contribution >= 0.6 is 34.7 Å². The first kappa shape index (κ1) is 25.5. The summed E-state index contributed by atoms with van der Waals surface area (Å²) in [6, 6.07) is 11.1. The summed E-state index contributed by atoms with van der Waals surface area (Å²) < 4.78 is 12.6. The van der Waals surface area contributed by atoms with Crippen LogP contribution in [0, 0.1) is 5.92 Å². The Morgan fingerprint density at radius 1 is 1.27 bits per heavy atom. The van der Waals surface area contributed by atoms with Crippen molar-refractivity contribution in [3.05, 3.63) is 63.8 Å². The van der Waals surface area contributed by atoms with Gasteiger partial charge in [0.1, 0.15) is 10.7 Å². The van der Waals surface area contributed by atoms with E-state index in [-0.39, 0.29) is 17.8 Å². The van der Waals surface area contributed by atoms with Crippen molar-refractivity contribution in [3.63, 3.8) is 0 Å². The van der Waals surface area contributed by atoms with E-state index in [1.165, 1.54) is 23.1 Å². The number of rotatable bonds is 8. The number of carbonyl (C=O) groups excluding carboxylic acids is 2. The number of hydrogen-bond acceptors (Lipinski definition) is 9. The molecule has 1 fully saturated rings. The maximum absolute atomic E-state index is 13.1. The third-order valence-corrected chi connectivity index (χ3v) is 8.07. The zero-order valence-corrected chi connectivity index (χ0v) is 22.4. The molecule has 0 spiro atoms. The SMILES string of the molecule is CCOC(=O)C1CCCN(C(=O)c2csc(CSc3nnc(-c4ccco4)n3-c3cccc(Cl)c3)n2)C1. The second-order valence-corrected chi connectivity index (χ2v) is 10.7. The topological polar surface area (TPSA) is 103 Å². The van der Waals surface area contributed by atoms with E-state index in [9.17, 15) is 9.59 Å². The van der Waals surface area contributed by atoms with Gasteiger partial charge in [0, 0.05) is 23.5 Å². The van der Waals surface area contributed by atoms with Gasteiger partial charge in [0.25, 0.3) is 5.91 Å². The Morgan fingerprint density at radius 3 is 2.95 bits per heavy atom. The number of amides is 1. The summed E-state index contributed by atoms with van der Waals surface area (Å²) in [6.45, 7) is 3.09. The van der Waals surface area contributed by atoms with Crippen LogP contribution < -0.4 is 0 Å². The molecule has 37 heavy (non-hydrogen) atoms. The summed E-state index contributed by atoms with van der Waals surface area (Å²) in [7, 11) is 0. The number of likely N-dealkylation sites (tertiary alicyclic amines) is 1. The number of benzene rings is 1. The van der Waals surface area contributed by atoms with Crippen molar-refractivity contribution < 1.29 is 18.7 Å². The molecule has 1 unspecified atom stereocenters. The largest absolute Gasteiger partial charge is 0.466 e. The minimum atomic E-state index is -0.285. The van der Waals surface area contributed by atoms with Crippen molar-refractivity contribution in [3.8, 4) is 17.3 Å². The van der Waals surface area contributed by atoms with E-state index in [2.05, 4.69) is 15.2 Å². The highest BCUT2D eigenvalue weighted by atomic mass is 35.5. The van der Waals surface area contributed by atoms with Gasteiger partial charge in [-0.25, -0.2) is 4.98 Å². The standard InChI is InChI=1S/C25H24ClN5O4S2/c1-2-34-24(33)16-6-4-10-30(13-16)23(32)19-14-36-21(27-19)15-37-25-29-28-22(20-9-5-11-35-20)31(25)18-8-3-7-17(26)12-18/h3,5,7-9,11-12,14,16H,2,4,6,10,13,15H2,1H3. The number of esters is 1. The molecule has 1 saturated heterocycles. The summed E-state index contributed by atoms with van der Waals surface area (Å²) in [5.41, 5.74) is 1.19. The second kappa shape index (κ2) is 11.5. The third kappa shape index (κ3) is 5.73. The minimum absolute atomic E-state index is 0.163. The van der Waals surface area contributed by atoms with Crippen LogP contribution in [0.4, 0.5) is 0 Å². The fourth-order valence-corrected chi connectivity index (χ4v) is 6.08. The quantitative estimate of drug-likeness (QED) is 0.211. The van der Waals surface area contributed by atoms with Crippen molar-refractivity contribution >= 4 is 46.6 Å². The van der Waals surface area contributed by atoms with Crippen molar-refractivity contribution in [1.29, 1.82) is 0 Å². The van der Waals surface area contributed by atoms with Crippen LogP contribution in [0.3, 0.4) is 0 Å². The van der Waals surface area contributed by atoms with Crippen LogP contribution in [-0.2, 0) is 15.3 Å². The van der Waals surface area contributed by atoms with E-state index in [0.717, 1.165) is 23.5 Å². The van der Waals surface area contributed by atoms with E-state index in [0.29, 0.717) is 52.9 Å². The van der Waals surface area contributed by atoms with Crippen molar-refractivity contribution in [1.82, 2.24) is 24.6 Å². The highest BCUT2D eigenvalue weighted by molar-refractivity contribution is 7.98. The summed E-state index contributed by atoms with van der Waals surface area (Å²) in [6.07, 6.45) is 3.08. The maximum Gasteiger partial charge on any atom is 0.310 e. The van der Waals surface area contributed by atoms with Gasteiger partial charge in [-0.15, -0.1) is 21.5 Å². The lowest BCUT2D eigenvalue weighted by Crippen LogP contribution is -2.43. The molecule has 1 atom stereocenters. The summed E-state index contributed by atoms with van der Waals surface area (Å²) in [5, 5.41) is 12.5. The molecule has 4 heterocycles. The highest BCUT2D eigenvalue weighted by Crippen LogP contribution is 2.31. The van der Waals surface area contributed by atoms with Crippen molar-refractivity contribution in [2.75, 3.05) is 19.7 Å². The zero-order chi connectivity index (χ0) is 25.8. The van der Waals surface area contributed by atoms with Gasteiger partial charge in [-0.3, -0.25) is 14.2 Å². The number of thioether (sulfide) groups is 1. The van der Waals surface area contributed by atoms with Crippen LogP contribution in [0.5, 0.6) is 0 Å². The van der Waals surface area contributed by atoms with Gasteiger partial charge in [0.15, 0.2) is 10.9 Å². The summed E-state index contributed by atoms with van der Waals surface area (Å²) in [5.74, 6) is 0.958. The van der Waals surface area contributed by atoms with Crippen LogP contribution in [0.15, 0.2) is 57.6 Å². The molecule has 1 aliphatic heterocycles. The van der Waals surface area contributed by atoms with Crippen LogP contribution in [0.1, 0.15) is 35.3 Å². The van der Waals surface area contributed by atoms with E-state index in [4.69, 9.17) is 20.8 Å². The van der Waals surface area contributed by atoms with Gasteiger partial charge in [-0.05, 0) is 50.1 Å². The number of ether oxygens (including phenoxy) is 1. The van der Waals surface area contributed by atoms with E-state index in [1.54, 1.807) is 35.6 Å². The van der Waals surface area contributed by atoms with Gasteiger partial charge < -0.3 is 14.1 Å². The molecular formula is C25H24ClN5O4S2. The van der Waals surface area contributed by atoms with Gasteiger partial charge in [0.05, 0.1) is 30.2 Å². The van der Waals surface area contributed by atoms with Crippen molar-refractivity contribution in [2.24, 2.45) is 5.92 Å². The Balaban J connectivity index is 1.30. The van der Waals surface area contributed by atoms with Gasteiger partial charge in [-0.1, -0.05) is 29.4 Å². The Morgan fingerprint density at radius 2 is 2.16 bits per heavy atom. The van der Waals surface area contributed by atoms with Crippen LogP contribution in [0.25, 0.3) is 17.3 Å². The van der Waals surface area contributed by atoms with Crippen molar-refractivity contribution in [2.45, 2.75) is 30.7 Å². The first-order valence-electron chi connectivity index (χ1n) is 11.8. The normalized spacial score (nSPS) is 15.6. The Bertz CT molecular complexity index is 1390. The average molecular weight is 558 g/mol. The molecule has 1 aromatic carbocycles. The lowest BCUT2D eigenvalue weighted by molar-refractivity contribution is -0.149. The molecule has 9 nitrogen and oxygen atoms in total. The minimum Gasteiger partial charge on any atom is -0.466 e. The summed E-state index contributed by atoms with van der Waals surface area (Å²) in [4.78, 5) is 31.5. The number of aromatic nitrogens is 4. The van der Waals surface area contributed by atoms with E-state index in [1.807, 2.05) is 28.8 Å². The highest BCUT2D eigenvalue weighted by Gasteiger charge is 2.30. The number of nitrogens with zero attached hydrogens (tertiary/aromatic N) is 5. The number of hydrogen-bond donors (Lipinski definition) is 0. The fourth-order valence-electron chi connectivity index (χ4n) is 4.15. The van der Waals surface area contributed by atoms with Crippen LogP contribution in [-0.4, -0.2) is 56.2 Å². The fraction of sp³-hybridized carbons (Fsp3) is 0.320. The summed E-state index contributed by atoms with van der Waals surface area (Å²) >= 11 is 9.12. The van der Waals surface area contributed by atoms with E-state index >= 15 is 0 Å². The van der Waals surface area contributed by atoms with Gasteiger partial charge >= 0.3 is 5.97 Å². The monoisotopic (exact) mass is 557 g/mol. The first-order valence-corrected chi connectivity index (χ1v) is 14.1. The molecule has 192 valence electrons. The van der Waals surface area contributed by atoms with Gasteiger partial charge in [-0.2, -0.15) is 0 Å². The molecular weight excluding hydrogens is 534 g/mol. The zero-order valence-electron chi connectivity index (χ0n) is 20.0. The number of carbonyl (C=O) groups is 2. The lowest BCUT2D eigenvalue weighted by atomic mass is 9.98. The molecule has 4 aromatic rings. The Kier molecular flexibility index (Phi) is 7.92. The molecule has 0 N–H and O–H groups in total. The predicted octanol–water partition coefficient (Wildman–Crippen LogP) is 5.34. The maximum atomic E-state index is 13.1. The van der Waals surface area contributed by atoms with Gasteiger partial charge in [0.2, 0.25) is 5.82 Å². The third-order valence-electron chi connectivity index (χ3n) is 5.87. The Labute approximate surface area is 226 Å². The van der Waals surface area contributed by atoms with Crippen LogP contribution in [0.2, 0.25) is 5.02 Å². The Hall–Kier alpha value is -3.15. The average Bonchev–Trinajstić information content (AvgIpc) is 3.68. The molecule has 1 aliphatic rings. The second-order valence-electron chi connectivity index (χ2n) is 8.36. The smallest absolute Gasteiger partial charge is 0.310 e. The number of halogens is 1. The lowest BCUT2D eigenvalue weighted by Gasteiger charge is -2.31. The predicted molar refractivity (Wildman–Crippen MR) is 141 cm³/mol. The molecule has 0 saturated carbocycles. The molecule has 1 amide bonds. The molecule has 5 rings (SSSR count). The molecule has 0 radical (unpaired) electrons. The molecule has 0 bridgehead atoms.